The van der Waals surface area contributed by atoms with Gasteiger partial charge in [-0.25, -0.2) is 0 Å². The Morgan fingerprint density at radius 1 is 1.19 bits per heavy atom. The third-order valence-corrected chi connectivity index (χ3v) is 2.18. The number of aromatic nitrogens is 3. The van der Waals surface area contributed by atoms with Crippen LogP contribution in [0, 0.1) is 0 Å². The Balaban J connectivity index is 2.08. The van der Waals surface area contributed by atoms with Crippen LogP contribution in [0.4, 0.5) is 11.6 Å². The number of hydrogen-bond acceptors (Lipinski definition) is 5. The van der Waals surface area contributed by atoms with E-state index in [4.69, 9.17) is 5.73 Å². The van der Waals surface area contributed by atoms with Gasteiger partial charge >= 0.3 is 0 Å². The smallest absolute Gasteiger partial charge is 0.149 e. The number of hydrogen-bond donors (Lipinski definition) is 2. The van der Waals surface area contributed by atoms with E-state index in [9.17, 15) is 0 Å². The van der Waals surface area contributed by atoms with Gasteiger partial charge in [-0.15, -0.1) is 10.2 Å². The summed E-state index contributed by atoms with van der Waals surface area (Å²) in [5.41, 5.74) is 6.41. The van der Waals surface area contributed by atoms with Crippen LogP contribution in [0.15, 0.2) is 36.5 Å². The molecule has 5 heteroatoms. The molecule has 2 rings (SSSR count). The lowest BCUT2D eigenvalue weighted by Gasteiger charge is -2.12. The van der Waals surface area contributed by atoms with Gasteiger partial charge in [-0.2, -0.15) is 0 Å². The van der Waals surface area contributed by atoms with Crippen molar-refractivity contribution in [3.63, 3.8) is 0 Å². The van der Waals surface area contributed by atoms with Gasteiger partial charge in [0.25, 0.3) is 0 Å². The molecule has 0 aliphatic heterocycles. The Morgan fingerprint density at radius 2 is 2.06 bits per heavy atom. The van der Waals surface area contributed by atoms with Gasteiger partial charge in [0, 0.05) is 6.20 Å². The van der Waals surface area contributed by atoms with Gasteiger partial charge in [0.15, 0.2) is 0 Å². The zero-order chi connectivity index (χ0) is 11.4. The molecule has 0 aromatic carbocycles. The lowest BCUT2D eigenvalue weighted by molar-refractivity contribution is 0.824. The molecule has 0 fully saturated rings. The molecule has 3 N–H and O–H groups in total. The molecule has 0 saturated carbocycles. The van der Waals surface area contributed by atoms with Crippen LogP contribution in [0.25, 0.3) is 0 Å². The van der Waals surface area contributed by atoms with Gasteiger partial charge in [-0.3, -0.25) is 4.98 Å². The van der Waals surface area contributed by atoms with E-state index in [2.05, 4.69) is 20.5 Å². The summed E-state index contributed by atoms with van der Waals surface area (Å²) in [6.07, 6.45) is 1.77. The molecule has 0 aliphatic carbocycles. The maximum absolute atomic E-state index is 5.45. The van der Waals surface area contributed by atoms with Crippen molar-refractivity contribution in [2.45, 2.75) is 13.0 Å². The summed E-state index contributed by atoms with van der Waals surface area (Å²) in [6.45, 7) is 2.01. The number of rotatable bonds is 3. The Labute approximate surface area is 93.7 Å². The average molecular weight is 215 g/mol. The highest BCUT2D eigenvalue weighted by molar-refractivity contribution is 5.39. The molecule has 0 aliphatic rings. The SMILES string of the molecule is CC(Nc1ccc(N)nn1)c1ccccn1. The molecule has 1 atom stereocenters. The summed E-state index contributed by atoms with van der Waals surface area (Å²) in [6, 6.07) is 9.39. The van der Waals surface area contributed by atoms with Crippen LogP contribution in [0.5, 0.6) is 0 Å². The van der Waals surface area contributed by atoms with Gasteiger partial charge in [0.05, 0.1) is 11.7 Å². The molecule has 2 aromatic rings. The molecule has 82 valence electrons. The molecule has 16 heavy (non-hydrogen) atoms. The first-order valence-corrected chi connectivity index (χ1v) is 5.02. The standard InChI is InChI=1S/C11H13N5/c1-8(9-4-2-3-7-13-9)14-11-6-5-10(12)15-16-11/h2-8H,1H3,(H2,12,15)(H,14,16). The quantitative estimate of drug-likeness (QED) is 0.813. The first-order valence-electron chi connectivity index (χ1n) is 5.02. The third kappa shape index (κ3) is 2.44. The highest BCUT2D eigenvalue weighted by Gasteiger charge is 2.06. The van der Waals surface area contributed by atoms with Crippen LogP contribution < -0.4 is 11.1 Å². The van der Waals surface area contributed by atoms with Gasteiger partial charge in [-0.05, 0) is 31.2 Å². The van der Waals surface area contributed by atoms with E-state index in [1.807, 2.05) is 25.1 Å². The van der Waals surface area contributed by atoms with Crippen molar-refractivity contribution in [2.24, 2.45) is 0 Å². The van der Waals surface area contributed by atoms with E-state index >= 15 is 0 Å². The van der Waals surface area contributed by atoms with Crippen molar-refractivity contribution in [2.75, 3.05) is 11.1 Å². The molecule has 5 nitrogen and oxygen atoms in total. The Bertz CT molecular complexity index is 440. The fourth-order valence-electron chi connectivity index (χ4n) is 1.35. The number of nitrogen functional groups attached to an aromatic ring is 1. The molecular weight excluding hydrogens is 202 g/mol. The fraction of sp³-hybridized carbons (Fsp3) is 0.182. The minimum atomic E-state index is 0.0825. The second-order valence-corrected chi connectivity index (χ2v) is 3.46. The molecule has 0 saturated heterocycles. The summed E-state index contributed by atoms with van der Waals surface area (Å²) in [7, 11) is 0. The highest BCUT2D eigenvalue weighted by Crippen LogP contribution is 2.14. The molecule has 0 amide bonds. The molecule has 0 radical (unpaired) electrons. The molecule has 2 heterocycles. The molecular formula is C11H13N5. The average Bonchev–Trinajstić information content (AvgIpc) is 2.33. The minimum Gasteiger partial charge on any atom is -0.382 e. The molecule has 1 unspecified atom stereocenters. The summed E-state index contributed by atoms with van der Waals surface area (Å²) in [4.78, 5) is 4.26. The Morgan fingerprint density at radius 3 is 2.69 bits per heavy atom. The number of nitrogens with one attached hydrogen (secondary N) is 1. The topological polar surface area (TPSA) is 76.7 Å². The van der Waals surface area contributed by atoms with Crippen LogP contribution >= 0.6 is 0 Å². The normalized spacial score (nSPS) is 12.1. The summed E-state index contributed by atoms with van der Waals surface area (Å²) in [5.74, 6) is 1.10. The van der Waals surface area contributed by atoms with E-state index in [1.165, 1.54) is 0 Å². The van der Waals surface area contributed by atoms with Gasteiger partial charge in [-0.1, -0.05) is 6.07 Å². The zero-order valence-corrected chi connectivity index (χ0v) is 8.96. The first-order chi connectivity index (χ1) is 7.75. The Kier molecular flexibility index (Phi) is 2.95. The van der Waals surface area contributed by atoms with Crippen molar-refractivity contribution in [3.05, 3.63) is 42.2 Å². The number of anilines is 2. The maximum Gasteiger partial charge on any atom is 0.149 e. The summed E-state index contributed by atoms with van der Waals surface area (Å²) >= 11 is 0. The fourth-order valence-corrected chi connectivity index (χ4v) is 1.35. The van der Waals surface area contributed by atoms with Crippen molar-refractivity contribution in [3.8, 4) is 0 Å². The highest BCUT2D eigenvalue weighted by atomic mass is 15.2. The predicted molar refractivity (Wildman–Crippen MR) is 62.7 cm³/mol. The van der Waals surface area contributed by atoms with Crippen molar-refractivity contribution < 1.29 is 0 Å². The van der Waals surface area contributed by atoms with E-state index in [-0.39, 0.29) is 6.04 Å². The number of pyridine rings is 1. The van der Waals surface area contributed by atoms with Gasteiger partial charge in [0.1, 0.15) is 11.6 Å². The van der Waals surface area contributed by atoms with Crippen LogP contribution in [-0.2, 0) is 0 Å². The lowest BCUT2D eigenvalue weighted by Crippen LogP contribution is -2.10. The number of nitrogens with two attached hydrogens (primary N) is 1. The van der Waals surface area contributed by atoms with Crippen LogP contribution in [0.2, 0.25) is 0 Å². The number of nitrogens with zero attached hydrogens (tertiary/aromatic N) is 3. The Hall–Kier alpha value is -2.17. The van der Waals surface area contributed by atoms with Gasteiger partial charge < -0.3 is 11.1 Å². The zero-order valence-electron chi connectivity index (χ0n) is 8.96. The largest absolute Gasteiger partial charge is 0.382 e. The summed E-state index contributed by atoms with van der Waals surface area (Å²) < 4.78 is 0. The first kappa shape index (κ1) is 10.4. The van der Waals surface area contributed by atoms with Gasteiger partial charge in [0.2, 0.25) is 0 Å². The predicted octanol–water partition coefficient (Wildman–Crippen LogP) is 1.63. The molecule has 0 spiro atoms. The van der Waals surface area contributed by atoms with E-state index in [1.54, 1.807) is 18.3 Å². The third-order valence-electron chi connectivity index (χ3n) is 2.18. The molecule has 2 aromatic heterocycles. The van der Waals surface area contributed by atoms with Crippen LogP contribution in [-0.4, -0.2) is 15.2 Å². The van der Waals surface area contributed by atoms with E-state index in [0.717, 1.165) is 5.69 Å². The van der Waals surface area contributed by atoms with E-state index in [0.29, 0.717) is 11.6 Å². The lowest BCUT2D eigenvalue weighted by atomic mass is 10.2. The minimum absolute atomic E-state index is 0.0825. The molecule has 0 bridgehead atoms. The maximum atomic E-state index is 5.45. The second kappa shape index (κ2) is 4.57. The van der Waals surface area contributed by atoms with Crippen molar-refractivity contribution in [1.29, 1.82) is 0 Å². The van der Waals surface area contributed by atoms with Crippen molar-refractivity contribution in [1.82, 2.24) is 15.2 Å². The van der Waals surface area contributed by atoms with Crippen molar-refractivity contribution >= 4 is 11.6 Å². The summed E-state index contributed by atoms with van der Waals surface area (Å²) in [5, 5.41) is 10.9. The monoisotopic (exact) mass is 215 g/mol. The van der Waals surface area contributed by atoms with E-state index < -0.39 is 0 Å². The van der Waals surface area contributed by atoms with Crippen LogP contribution in [0.3, 0.4) is 0 Å². The van der Waals surface area contributed by atoms with Crippen LogP contribution in [0.1, 0.15) is 18.7 Å². The second-order valence-electron chi connectivity index (χ2n) is 3.46.